The van der Waals surface area contributed by atoms with Gasteiger partial charge in [0.15, 0.2) is 5.78 Å². The van der Waals surface area contributed by atoms with E-state index in [1.54, 1.807) is 0 Å². The molecule has 1 saturated carbocycles. The highest BCUT2D eigenvalue weighted by Crippen LogP contribution is 2.28. The van der Waals surface area contributed by atoms with E-state index in [2.05, 4.69) is 10.3 Å². The molecule has 1 fully saturated rings. The molecule has 0 spiro atoms. The van der Waals surface area contributed by atoms with Crippen molar-refractivity contribution < 1.29 is 9.59 Å². The van der Waals surface area contributed by atoms with Gasteiger partial charge in [0.1, 0.15) is 0 Å². The van der Waals surface area contributed by atoms with E-state index in [9.17, 15) is 19.2 Å². The van der Waals surface area contributed by atoms with Crippen LogP contribution >= 0.6 is 0 Å². The van der Waals surface area contributed by atoms with Crippen molar-refractivity contribution >= 4 is 11.7 Å². The first-order valence-corrected chi connectivity index (χ1v) is 6.12. The summed E-state index contributed by atoms with van der Waals surface area (Å²) in [5.74, 6) is -0.372. The summed E-state index contributed by atoms with van der Waals surface area (Å²) in [6, 6.07) is 0. The summed E-state index contributed by atoms with van der Waals surface area (Å²) < 4.78 is 0.921. The van der Waals surface area contributed by atoms with E-state index >= 15 is 0 Å². The molecule has 0 atom stereocenters. The number of aromatic nitrogens is 2. The second-order valence-corrected chi connectivity index (χ2v) is 4.59. The molecular weight excluding hydrogens is 250 g/mol. The first kappa shape index (κ1) is 13.3. The van der Waals surface area contributed by atoms with E-state index < -0.39 is 17.0 Å². The fourth-order valence-corrected chi connectivity index (χ4v) is 1.75. The molecule has 2 N–H and O–H groups in total. The second kappa shape index (κ2) is 5.21. The standard InChI is InChI=1S/C12H15N3O4/c1-7(16)9-6-14-12(19)15(11(9)18)5-4-13-10(17)8-2-3-8/h6,8H,2-5H2,1H3,(H,13,17)(H,14,19). The summed E-state index contributed by atoms with van der Waals surface area (Å²) in [5.41, 5.74) is -1.28. The van der Waals surface area contributed by atoms with Crippen LogP contribution in [-0.4, -0.2) is 27.8 Å². The van der Waals surface area contributed by atoms with E-state index in [4.69, 9.17) is 0 Å². The van der Waals surface area contributed by atoms with Gasteiger partial charge in [0.05, 0.1) is 5.56 Å². The maximum atomic E-state index is 11.9. The van der Waals surface area contributed by atoms with E-state index in [1.807, 2.05) is 0 Å². The largest absolute Gasteiger partial charge is 0.354 e. The number of amides is 1. The number of carbonyl (C=O) groups is 2. The summed E-state index contributed by atoms with van der Waals surface area (Å²) in [7, 11) is 0. The fraction of sp³-hybridized carbons (Fsp3) is 0.500. The van der Waals surface area contributed by atoms with Crippen LogP contribution in [0.4, 0.5) is 0 Å². The minimum Gasteiger partial charge on any atom is -0.354 e. The highest BCUT2D eigenvalue weighted by molar-refractivity contribution is 5.93. The predicted molar refractivity (Wildman–Crippen MR) is 67.1 cm³/mol. The number of nitrogens with one attached hydrogen (secondary N) is 2. The van der Waals surface area contributed by atoms with Crippen molar-refractivity contribution in [1.82, 2.24) is 14.9 Å². The lowest BCUT2D eigenvalue weighted by molar-refractivity contribution is -0.122. The molecule has 1 heterocycles. The van der Waals surface area contributed by atoms with Crippen LogP contribution in [0.5, 0.6) is 0 Å². The predicted octanol–water partition coefficient (Wildman–Crippen LogP) is -0.735. The highest BCUT2D eigenvalue weighted by Gasteiger charge is 2.29. The Morgan fingerprint density at radius 2 is 2.11 bits per heavy atom. The number of H-pyrrole nitrogens is 1. The molecule has 1 aliphatic rings. The zero-order valence-electron chi connectivity index (χ0n) is 10.6. The summed E-state index contributed by atoms with van der Waals surface area (Å²) in [6.45, 7) is 1.50. The average molecular weight is 265 g/mol. The Morgan fingerprint density at radius 1 is 1.42 bits per heavy atom. The lowest BCUT2D eigenvalue weighted by Gasteiger charge is -2.07. The molecule has 0 aliphatic heterocycles. The van der Waals surface area contributed by atoms with Gasteiger partial charge < -0.3 is 10.3 Å². The molecule has 0 bridgehead atoms. The Hall–Kier alpha value is -2.18. The minimum atomic E-state index is -0.628. The SMILES string of the molecule is CC(=O)c1c[nH]c(=O)n(CCNC(=O)C2CC2)c1=O. The van der Waals surface area contributed by atoms with Crippen molar-refractivity contribution in [1.29, 1.82) is 0 Å². The number of ketones is 1. The molecule has 7 nitrogen and oxygen atoms in total. The Morgan fingerprint density at radius 3 is 2.68 bits per heavy atom. The van der Waals surface area contributed by atoms with Crippen LogP contribution < -0.4 is 16.6 Å². The molecule has 1 aromatic heterocycles. The molecule has 7 heteroatoms. The van der Waals surface area contributed by atoms with E-state index in [0.717, 1.165) is 23.6 Å². The Kier molecular flexibility index (Phi) is 3.64. The van der Waals surface area contributed by atoms with E-state index in [0.29, 0.717) is 0 Å². The Labute approximate surface area is 108 Å². The van der Waals surface area contributed by atoms with Gasteiger partial charge in [-0.05, 0) is 19.8 Å². The molecular formula is C12H15N3O4. The number of nitrogens with zero attached hydrogens (tertiary/aromatic N) is 1. The molecule has 102 valence electrons. The summed E-state index contributed by atoms with van der Waals surface area (Å²) >= 11 is 0. The maximum Gasteiger partial charge on any atom is 0.328 e. The molecule has 1 aromatic rings. The van der Waals surface area contributed by atoms with E-state index in [-0.39, 0.29) is 30.5 Å². The number of rotatable bonds is 5. The number of hydrogen-bond donors (Lipinski definition) is 2. The van der Waals surface area contributed by atoms with Crippen molar-refractivity contribution in [3.8, 4) is 0 Å². The quantitative estimate of drug-likeness (QED) is 0.685. The van der Waals surface area contributed by atoms with Crippen LogP contribution in [0.1, 0.15) is 30.1 Å². The van der Waals surface area contributed by atoms with Gasteiger partial charge in [-0.15, -0.1) is 0 Å². The molecule has 0 unspecified atom stereocenters. The maximum absolute atomic E-state index is 11.9. The van der Waals surface area contributed by atoms with Crippen LogP contribution in [0.25, 0.3) is 0 Å². The Balaban J connectivity index is 2.08. The summed E-state index contributed by atoms with van der Waals surface area (Å²) in [5, 5.41) is 2.66. The number of hydrogen-bond acceptors (Lipinski definition) is 4. The van der Waals surface area contributed by atoms with Gasteiger partial charge in [0, 0.05) is 25.2 Å². The van der Waals surface area contributed by atoms with Gasteiger partial charge in [-0.1, -0.05) is 0 Å². The van der Waals surface area contributed by atoms with E-state index in [1.165, 1.54) is 6.92 Å². The van der Waals surface area contributed by atoms with Crippen LogP contribution in [-0.2, 0) is 11.3 Å². The zero-order valence-corrected chi connectivity index (χ0v) is 10.6. The molecule has 19 heavy (non-hydrogen) atoms. The third-order valence-corrected chi connectivity index (χ3v) is 3.02. The Bertz CT molecular complexity index is 625. The van der Waals surface area contributed by atoms with Gasteiger partial charge in [-0.3, -0.25) is 19.0 Å². The van der Waals surface area contributed by atoms with Gasteiger partial charge in [0.2, 0.25) is 5.91 Å². The molecule has 1 amide bonds. The monoisotopic (exact) mass is 265 g/mol. The lowest BCUT2D eigenvalue weighted by Crippen LogP contribution is -2.41. The van der Waals surface area contributed by atoms with Gasteiger partial charge in [-0.25, -0.2) is 4.79 Å². The number of Topliss-reactive ketones (excluding diaryl/α,β-unsaturated/α-hetero) is 1. The van der Waals surface area contributed by atoms with Crippen LogP contribution in [0.15, 0.2) is 15.8 Å². The average Bonchev–Trinajstić information content (AvgIpc) is 3.16. The van der Waals surface area contributed by atoms with Crippen LogP contribution in [0.2, 0.25) is 0 Å². The summed E-state index contributed by atoms with van der Waals surface area (Å²) in [4.78, 5) is 48.3. The zero-order chi connectivity index (χ0) is 14.0. The smallest absolute Gasteiger partial charge is 0.328 e. The summed E-state index contributed by atoms with van der Waals surface area (Å²) in [6.07, 6.45) is 2.91. The molecule has 0 saturated heterocycles. The van der Waals surface area contributed by atoms with Gasteiger partial charge in [0.25, 0.3) is 5.56 Å². The van der Waals surface area contributed by atoms with Crippen molar-refractivity contribution in [2.75, 3.05) is 6.54 Å². The molecule has 2 rings (SSSR count). The van der Waals surface area contributed by atoms with Crippen molar-refractivity contribution in [2.45, 2.75) is 26.3 Å². The van der Waals surface area contributed by atoms with Crippen molar-refractivity contribution in [3.63, 3.8) is 0 Å². The number of aromatic amines is 1. The highest BCUT2D eigenvalue weighted by atomic mass is 16.2. The van der Waals surface area contributed by atoms with Crippen LogP contribution in [0, 0.1) is 5.92 Å². The molecule has 1 aliphatic carbocycles. The van der Waals surface area contributed by atoms with Gasteiger partial charge in [-0.2, -0.15) is 0 Å². The molecule has 0 radical (unpaired) electrons. The normalized spacial score (nSPS) is 14.2. The second-order valence-electron chi connectivity index (χ2n) is 4.59. The minimum absolute atomic E-state index is 0.0489. The third-order valence-electron chi connectivity index (χ3n) is 3.02. The lowest BCUT2D eigenvalue weighted by atomic mass is 10.2. The topological polar surface area (TPSA) is 101 Å². The first-order valence-electron chi connectivity index (χ1n) is 6.12. The van der Waals surface area contributed by atoms with Crippen molar-refractivity contribution in [3.05, 3.63) is 32.6 Å². The fourth-order valence-electron chi connectivity index (χ4n) is 1.75. The van der Waals surface area contributed by atoms with Crippen LogP contribution in [0.3, 0.4) is 0 Å². The van der Waals surface area contributed by atoms with Gasteiger partial charge >= 0.3 is 5.69 Å². The molecule has 0 aromatic carbocycles. The first-order chi connectivity index (χ1) is 9.00. The number of carbonyl (C=O) groups excluding carboxylic acids is 2. The van der Waals surface area contributed by atoms with Crippen molar-refractivity contribution in [2.24, 2.45) is 5.92 Å². The third kappa shape index (κ3) is 2.98.